The van der Waals surface area contributed by atoms with Crippen molar-refractivity contribution in [3.8, 4) is 5.75 Å². The minimum absolute atomic E-state index is 0.129. The van der Waals surface area contributed by atoms with Crippen molar-refractivity contribution in [3.63, 3.8) is 0 Å². The molecule has 1 unspecified atom stereocenters. The molecule has 0 saturated carbocycles. The molecule has 2 aromatic carbocycles. The summed E-state index contributed by atoms with van der Waals surface area (Å²) in [5.41, 5.74) is 2.04. The molecular weight excluding hydrogens is 306 g/mol. The summed E-state index contributed by atoms with van der Waals surface area (Å²) in [7, 11) is -0.0874. The van der Waals surface area contributed by atoms with Gasteiger partial charge in [0.15, 0.2) is 6.23 Å². The van der Waals surface area contributed by atoms with Crippen molar-refractivity contribution < 1.29 is 14.6 Å². The second kappa shape index (κ2) is 5.51. The Morgan fingerprint density at radius 3 is 2.30 bits per heavy atom. The van der Waals surface area contributed by atoms with Crippen molar-refractivity contribution in [1.82, 2.24) is 0 Å². The third-order valence-corrected chi connectivity index (χ3v) is 6.24. The number of aliphatic hydroxyl groups excluding tert-OH is 1. The predicted molar refractivity (Wildman–Crippen MR) is 94.2 cm³/mol. The smallest absolute Gasteiger partial charge is 0.260 e. The molecule has 1 N–H and O–H groups in total. The summed E-state index contributed by atoms with van der Waals surface area (Å²) < 4.78 is 5.15. The SMILES string of the molecule is COc1ccc(N2C(=O)c3c(cccc3[Si](C)(C)C)C2O)cc1. The van der Waals surface area contributed by atoms with Gasteiger partial charge in [-0.2, -0.15) is 0 Å². The molecule has 1 amide bonds. The Bertz CT molecular complexity index is 750. The van der Waals surface area contributed by atoms with Gasteiger partial charge in [-0.3, -0.25) is 9.69 Å². The fraction of sp³-hybridized carbons (Fsp3) is 0.278. The molecule has 1 heterocycles. The van der Waals surface area contributed by atoms with Crippen LogP contribution in [0, 0.1) is 0 Å². The summed E-state index contributed by atoms with van der Waals surface area (Å²) in [5, 5.41) is 11.8. The van der Waals surface area contributed by atoms with Crippen LogP contribution in [0.25, 0.3) is 0 Å². The monoisotopic (exact) mass is 327 g/mol. The third kappa shape index (κ3) is 2.56. The van der Waals surface area contributed by atoms with E-state index in [4.69, 9.17) is 4.74 Å². The first-order valence-electron chi connectivity index (χ1n) is 7.63. The van der Waals surface area contributed by atoms with E-state index in [0.29, 0.717) is 16.8 Å². The summed E-state index contributed by atoms with van der Waals surface area (Å²) >= 11 is 0. The van der Waals surface area contributed by atoms with Crippen LogP contribution in [0.3, 0.4) is 0 Å². The standard InChI is InChI=1S/C18H21NO3Si/c1-22-13-10-8-12(9-11-13)19-17(20)14-6-5-7-15(23(2,3)4)16(14)18(19)21/h5-11,17,20H,1-4H3. The van der Waals surface area contributed by atoms with Gasteiger partial charge in [0.2, 0.25) is 0 Å². The van der Waals surface area contributed by atoms with Crippen molar-refractivity contribution in [1.29, 1.82) is 0 Å². The van der Waals surface area contributed by atoms with Crippen molar-refractivity contribution in [2.75, 3.05) is 12.0 Å². The van der Waals surface area contributed by atoms with Gasteiger partial charge in [0.05, 0.1) is 15.2 Å². The molecule has 23 heavy (non-hydrogen) atoms. The number of hydrogen-bond acceptors (Lipinski definition) is 3. The fourth-order valence-corrected chi connectivity index (χ4v) is 4.62. The number of amides is 1. The Hall–Kier alpha value is -2.11. The number of rotatable bonds is 3. The Kier molecular flexibility index (Phi) is 3.78. The number of methoxy groups -OCH3 is 1. The predicted octanol–water partition coefficient (Wildman–Crippen LogP) is 2.89. The van der Waals surface area contributed by atoms with E-state index in [-0.39, 0.29) is 5.91 Å². The average Bonchev–Trinajstić information content (AvgIpc) is 2.78. The van der Waals surface area contributed by atoms with Crippen LogP contribution in [0.4, 0.5) is 5.69 Å². The second-order valence-corrected chi connectivity index (χ2v) is 11.8. The lowest BCUT2D eigenvalue weighted by molar-refractivity contribution is 0.0936. The van der Waals surface area contributed by atoms with Crippen LogP contribution < -0.4 is 14.8 Å². The lowest BCUT2D eigenvalue weighted by Gasteiger charge is -2.21. The van der Waals surface area contributed by atoms with E-state index in [9.17, 15) is 9.90 Å². The number of nitrogens with zero attached hydrogens (tertiary/aromatic N) is 1. The van der Waals surface area contributed by atoms with Crippen LogP contribution in [-0.2, 0) is 0 Å². The number of carbonyl (C=O) groups excluding carboxylic acids is 1. The first-order chi connectivity index (χ1) is 10.8. The molecule has 5 heteroatoms. The molecule has 4 nitrogen and oxygen atoms in total. The number of fused-ring (bicyclic) bond motifs is 1. The highest BCUT2D eigenvalue weighted by Crippen LogP contribution is 2.36. The molecule has 0 fully saturated rings. The average molecular weight is 327 g/mol. The molecule has 0 aliphatic carbocycles. The normalized spacial score (nSPS) is 17.3. The molecule has 0 spiro atoms. The Morgan fingerprint density at radius 2 is 1.74 bits per heavy atom. The summed E-state index contributed by atoms with van der Waals surface area (Å²) in [4.78, 5) is 14.4. The number of aliphatic hydroxyl groups is 1. The lowest BCUT2D eigenvalue weighted by atomic mass is 10.1. The molecule has 1 aliphatic heterocycles. The number of carbonyl (C=O) groups is 1. The minimum atomic E-state index is -1.69. The van der Waals surface area contributed by atoms with Crippen molar-refractivity contribution in [3.05, 3.63) is 53.6 Å². The second-order valence-electron chi connectivity index (χ2n) is 6.77. The highest BCUT2D eigenvalue weighted by Gasteiger charge is 2.40. The fourth-order valence-electron chi connectivity index (χ4n) is 3.02. The highest BCUT2D eigenvalue weighted by molar-refractivity contribution is 6.89. The molecule has 1 atom stereocenters. The molecule has 0 radical (unpaired) electrons. The van der Waals surface area contributed by atoms with E-state index in [1.165, 1.54) is 4.90 Å². The number of anilines is 1. The van der Waals surface area contributed by atoms with E-state index in [0.717, 1.165) is 10.9 Å². The molecule has 0 bridgehead atoms. The van der Waals surface area contributed by atoms with Gasteiger partial charge in [-0.25, -0.2) is 0 Å². The molecule has 1 aliphatic rings. The Morgan fingerprint density at radius 1 is 1.09 bits per heavy atom. The first-order valence-corrected chi connectivity index (χ1v) is 11.1. The van der Waals surface area contributed by atoms with E-state index < -0.39 is 14.3 Å². The highest BCUT2D eigenvalue weighted by atomic mass is 28.3. The van der Waals surface area contributed by atoms with Crippen LogP contribution in [0.1, 0.15) is 22.1 Å². The van der Waals surface area contributed by atoms with Gasteiger partial charge in [-0.15, -0.1) is 0 Å². The van der Waals surface area contributed by atoms with Crippen LogP contribution >= 0.6 is 0 Å². The van der Waals surface area contributed by atoms with Crippen LogP contribution in [-0.4, -0.2) is 26.2 Å². The van der Waals surface area contributed by atoms with E-state index >= 15 is 0 Å². The van der Waals surface area contributed by atoms with Crippen LogP contribution in [0.5, 0.6) is 5.75 Å². The van der Waals surface area contributed by atoms with Gasteiger partial charge in [-0.1, -0.05) is 37.8 Å². The topological polar surface area (TPSA) is 49.8 Å². The van der Waals surface area contributed by atoms with Gasteiger partial charge >= 0.3 is 0 Å². The number of ether oxygens (including phenoxy) is 1. The molecule has 0 aromatic heterocycles. The van der Waals surface area contributed by atoms with Crippen molar-refractivity contribution in [2.45, 2.75) is 25.9 Å². The van der Waals surface area contributed by atoms with Gasteiger partial charge < -0.3 is 9.84 Å². The summed E-state index contributed by atoms with van der Waals surface area (Å²) in [5.74, 6) is 0.589. The maximum Gasteiger partial charge on any atom is 0.260 e. The largest absolute Gasteiger partial charge is 0.497 e. The van der Waals surface area contributed by atoms with Gasteiger partial charge in [0.25, 0.3) is 5.91 Å². The summed E-state index contributed by atoms with van der Waals surface area (Å²) in [6.07, 6.45) is -0.942. The molecule has 2 aromatic rings. The first kappa shape index (κ1) is 15.8. The van der Waals surface area contributed by atoms with Crippen molar-refractivity contribution in [2.24, 2.45) is 0 Å². The lowest BCUT2D eigenvalue weighted by Crippen LogP contribution is -2.42. The van der Waals surface area contributed by atoms with Crippen molar-refractivity contribution >= 4 is 24.9 Å². The van der Waals surface area contributed by atoms with Gasteiger partial charge in [0, 0.05) is 16.8 Å². The number of hydrogen-bond donors (Lipinski definition) is 1. The zero-order valence-corrected chi connectivity index (χ0v) is 14.8. The third-order valence-electron chi connectivity index (χ3n) is 4.21. The zero-order valence-electron chi connectivity index (χ0n) is 13.8. The van der Waals surface area contributed by atoms with Gasteiger partial charge in [0.1, 0.15) is 5.75 Å². The molecule has 3 rings (SSSR count). The van der Waals surface area contributed by atoms with Gasteiger partial charge in [-0.05, 0) is 29.5 Å². The summed E-state index contributed by atoms with van der Waals surface area (Å²) in [6.45, 7) is 6.62. The Labute approximate surface area is 137 Å². The molecule has 0 saturated heterocycles. The maximum atomic E-state index is 13.0. The number of benzene rings is 2. The van der Waals surface area contributed by atoms with E-state index in [1.807, 2.05) is 18.2 Å². The van der Waals surface area contributed by atoms with Crippen LogP contribution in [0.2, 0.25) is 19.6 Å². The zero-order chi connectivity index (χ0) is 16.8. The van der Waals surface area contributed by atoms with E-state index in [1.54, 1.807) is 31.4 Å². The Balaban J connectivity index is 2.08. The minimum Gasteiger partial charge on any atom is -0.497 e. The molecule has 120 valence electrons. The van der Waals surface area contributed by atoms with E-state index in [2.05, 4.69) is 19.6 Å². The van der Waals surface area contributed by atoms with Crippen LogP contribution in [0.15, 0.2) is 42.5 Å². The molecular formula is C18H21NO3Si. The maximum absolute atomic E-state index is 13.0. The summed E-state index contributed by atoms with van der Waals surface area (Å²) in [6, 6.07) is 13.0. The quantitative estimate of drug-likeness (QED) is 0.882.